The van der Waals surface area contributed by atoms with Crippen LogP contribution < -0.4 is 5.32 Å². The highest BCUT2D eigenvalue weighted by Crippen LogP contribution is 2.64. The fraction of sp³-hybridized carbons (Fsp3) is 0.938. The third kappa shape index (κ3) is 4.09. The van der Waals surface area contributed by atoms with Crippen molar-refractivity contribution in [3.63, 3.8) is 0 Å². The first-order chi connectivity index (χ1) is 10.1. The fourth-order valence-corrected chi connectivity index (χ4v) is 5.24. The van der Waals surface area contributed by atoms with Gasteiger partial charge in [-0.25, -0.2) is 8.42 Å². The highest BCUT2D eigenvalue weighted by atomic mass is 32.2. The summed E-state index contributed by atoms with van der Waals surface area (Å²) >= 11 is 0. The number of carbonyl (C=O) groups excluding carboxylic acids is 1. The van der Waals surface area contributed by atoms with E-state index in [0.29, 0.717) is 12.8 Å². The van der Waals surface area contributed by atoms with E-state index in [9.17, 15) is 17.8 Å². The van der Waals surface area contributed by atoms with Crippen LogP contribution in [0.3, 0.4) is 0 Å². The predicted octanol–water partition coefficient (Wildman–Crippen LogP) is 1.30. The summed E-state index contributed by atoms with van der Waals surface area (Å²) in [5.41, 5.74) is -1.22. The lowest BCUT2D eigenvalue weighted by Crippen LogP contribution is -2.84. The van der Waals surface area contributed by atoms with Gasteiger partial charge in [0.25, 0.3) is 0 Å². The first-order valence-electron chi connectivity index (χ1n) is 8.39. The summed E-state index contributed by atoms with van der Waals surface area (Å²) in [5, 5.41) is 2.36. The Kier molecular flexibility index (Phi) is 6.59. The van der Waals surface area contributed by atoms with Crippen LogP contribution in [0.2, 0.25) is 0 Å². The Balaban J connectivity index is 0.000000295. The van der Waals surface area contributed by atoms with Crippen molar-refractivity contribution in [1.82, 2.24) is 0 Å². The lowest BCUT2D eigenvalue weighted by atomic mass is 9.70. The van der Waals surface area contributed by atoms with Crippen LogP contribution in [0.25, 0.3) is 0 Å². The molecule has 0 heterocycles. The average Bonchev–Trinajstić information content (AvgIpc) is 2.72. The maximum atomic E-state index is 11.8. The van der Waals surface area contributed by atoms with Crippen molar-refractivity contribution in [2.45, 2.75) is 59.8 Å². The highest BCUT2D eigenvalue weighted by molar-refractivity contribution is 7.85. The molecule has 0 amide bonds. The van der Waals surface area contributed by atoms with E-state index in [-0.39, 0.29) is 17.1 Å². The van der Waals surface area contributed by atoms with Crippen LogP contribution in [0.1, 0.15) is 59.8 Å². The van der Waals surface area contributed by atoms with Crippen LogP contribution in [0.15, 0.2) is 0 Å². The van der Waals surface area contributed by atoms with Crippen molar-refractivity contribution in [3.8, 4) is 0 Å². The van der Waals surface area contributed by atoms with Gasteiger partial charge in [-0.15, -0.1) is 0 Å². The van der Waals surface area contributed by atoms with E-state index in [0.717, 1.165) is 6.42 Å². The molecule has 0 spiro atoms. The summed E-state index contributed by atoms with van der Waals surface area (Å²) in [6, 6.07) is 0. The third-order valence-corrected chi connectivity index (χ3v) is 6.39. The van der Waals surface area contributed by atoms with E-state index in [1.54, 1.807) is 0 Å². The molecule has 0 unspecified atom stereocenters. The molecule has 2 atom stereocenters. The SMILES string of the molecule is CC1(C)[C@@H]2CC[C@@]1(CS(=O)(=O)[O-])C(=O)C2.CCC[NH2+]CCC. The van der Waals surface area contributed by atoms with Gasteiger partial charge in [0, 0.05) is 11.8 Å². The molecule has 22 heavy (non-hydrogen) atoms. The predicted molar refractivity (Wildman–Crippen MR) is 85.4 cm³/mol. The summed E-state index contributed by atoms with van der Waals surface area (Å²) in [6.07, 6.45) is 4.49. The summed E-state index contributed by atoms with van der Waals surface area (Å²) in [4.78, 5) is 11.8. The Bertz CT molecular complexity index is 482. The van der Waals surface area contributed by atoms with E-state index in [2.05, 4.69) is 19.2 Å². The minimum atomic E-state index is -4.33. The maximum absolute atomic E-state index is 11.8. The topological polar surface area (TPSA) is 90.9 Å². The number of fused-ring (bicyclic) bond motifs is 2. The molecule has 0 radical (unpaired) electrons. The van der Waals surface area contributed by atoms with Gasteiger partial charge in [-0.3, -0.25) is 4.79 Å². The number of rotatable bonds is 6. The van der Waals surface area contributed by atoms with Crippen molar-refractivity contribution in [1.29, 1.82) is 0 Å². The fourth-order valence-electron chi connectivity index (χ4n) is 3.96. The number of hydrogen-bond acceptors (Lipinski definition) is 4. The molecule has 0 saturated heterocycles. The Morgan fingerprint density at radius 1 is 1.23 bits per heavy atom. The zero-order valence-corrected chi connectivity index (χ0v) is 15.2. The Morgan fingerprint density at radius 3 is 2.09 bits per heavy atom. The number of ketones is 1. The molecule has 0 aliphatic heterocycles. The second-order valence-corrected chi connectivity index (χ2v) is 8.64. The van der Waals surface area contributed by atoms with E-state index in [1.165, 1.54) is 25.9 Å². The van der Waals surface area contributed by atoms with Crippen LogP contribution in [0.4, 0.5) is 0 Å². The minimum Gasteiger partial charge on any atom is -0.748 e. The number of Topliss-reactive ketones (excluding diaryl/α,β-unsaturated/α-hetero) is 1. The first-order valence-corrected chi connectivity index (χ1v) is 9.97. The van der Waals surface area contributed by atoms with Gasteiger partial charge in [0.05, 0.1) is 29.0 Å². The van der Waals surface area contributed by atoms with Crippen LogP contribution in [-0.4, -0.2) is 37.6 Å². The molecule has 2 saturated carbocycles. The molecule has 2 fully saturated rings. The van der Waals surface area contributed by atoms with Crippen molar-refractivity contribution in [3.05, 3.63) is 0 Å². The first kappa shape index (κ1) is 19.6. The Morgan fingerprint density at radius 2 is 1.77 bits per heavy atom. The quantitative estimate of drug-likeness (QED) is 0.586. The monoisotopic (exact) mass is 333 g/mol. The minimum absolute atomic E-state index is 0.0248. The normalized spacial score (nSPS) is 29.3. The van der Waals surface area contributed by atoms with Gasteiger partial charge in [-0.1, -0.05) is 27.7 Å². The van der Waals surface area contributed by atoms with E-state index in [1.807, 2.05) is 13.8 Å². The van der Waals surface area contributed by atoms with Crippen LogP contribution in [0.5, 0.6) is 0 Å². The maximum Gasteiger partial charge on any atom is 0.140 e. The molecule has 0 aromatic rings. The average molecular weight is 333 g/mol. The molecule has 6 heteroatoms. The van der Waals surface area contributed by atoms with Crippen LogP contribution >= 0.6 is 0 Å². The molecule has 2 rings (SSSR count). The lowest BCUT2D eigenvalue weighted by molar-refractivity contribution is -0.654. The van der Waals surface area contributed by atoms with E-state index in [4.69, 9.17) is 0 Å². The van der Waals surface area contributed by atoms with E-state index < -0.39 is 21.3 Å². The van der Waals surface area contributed by atoms with Crippen LogP contribution in [0, 0.1) is 16.7 Å². The second-order valence-electron chi connectivity index (χ2n) is 7.23. The zero-order valence-electron chi connectivity index (χ0n) is 14.4. The van der Waals surface area contributed by atoms with Crippen molar-refractivity contribution in [2.75, 3.05) is 18.8 Å². The van der Waals surface area contributed by atoms with Gasteiger partial charge in [0.15, 0.2) is 0 Å². The number of nitrogens with two attached hydrogens (primary N) is 1. The Hall–Kier alpha value is -0.460. The number of quaternary nitrogens is 1. The highest BCUT2D eigenvalue weighted by Gasteiger charge is 2.64. The summed E-state index contributed by atoms with van der Waals surface area (Å²) in [5.74, 6) is -0.280. The lowest BCUT2D eigenvalue weighted by Gasteiger charge is -2.37. The van der Waals surface area contributed by atoms with Crippen LogP contribution in [-0.2, 0) is 14.9 Å². The van der Waals surface area contributed by atoms with Gasteiger partial charge >= 0.3 is 0 Å². The van der Waals surface area contributed by atoms with Crippen molar-refractivity contribution in [2.24, 2.45) is 16.7 Å². The molecular formula is C16H31NO4S. The van der Waals surface area contributed by atoms with E-state index >= 15 is 0 Å². The number of hydrogen-bond donors (Lipinski definition) is 1. The van der Waals surface area contributed by atoms with Gasteiger partial charge in [0.1, 0.15) is 5.78 Å². The zero-order chi connectivity index (χ0) is 17.0. The molecule has 2 aliphatic rings. The third-order valence-electron chi connectivity index (χ3n) is 5.55. The molecule has 2 bridgehead atoms. The molecular weight excluding hydrogens is 302 g/mol. The van der Waals surface area contributed by atoms with Crippen molar-refractivity contribution < 1.29 is 23.1 Å². The summed E-state index contributed by atoms with van der Waals surface area (Å²) in [6.45, 7) is 10.9. The molecule has 5 nitrogen and oxygen atoms in total. The van der Waals surface area contributed by atoms with Gasteiger partial charge in [0.2, 0.25) is 0 Å². The second kappa shape index (κ2) is 7.41. The van der Waals surface area contributed by atoms with Gasteiger partial charge in [-0.05, 0) is 37.0 Å². The molecule has 2 N–H and O–H groups in total. The van der Waals surface area contributed by atoms with Gasteiger partial charge < -0.3 is 9.87 Å². The summed E-state index contributed by atoms with van der Waals surface area (Å²) in [7, 11) is -4.33. The smallest absolute Gasteiger partial charge is 0.140 e. The standard InChI is InChI=1S/C10H16O4S.C6H15N/c1-9(2)7-3-4-10(9,8(11)5-7)6-15(12,13)14;1-3-5-7-6-4-2/h7H,3-6H2,1-2H3,(H,12,13,14);7H,3-6H2,1-2H3/t7-,10-;/m1./s1. The number of carbonyl (C=O) groups is 1. The van der Waals surface area contributed by atoms with Gasteiger partial charge in [-0.2, -0.15) is 0 Å². The molecule has 0 aromatic carbocycles. The van der Waals surface area contributed by atoms with Crippen molar-refractivity contribution >= 4 is 15.9 Å². The molecule has 2 aliphatic carbocycles. The largest absolute Gasteiger partial charge is 0.748 e. The summed E-state index contributed by atoms with van der Waals surface area (Å²) < 4.78 is 32.7. The molecule has 0 aromatic heterocycles. The molecule has 130 valence electrons. The Labute approximate surface area is 135 Å².